The van der Waals surface area contributed by atoms with E-state index in [1.54, 1.807) is 6.07 Å². The van der Waals surface area contributed by atoms with E-state index in [2.05, 4.69) is 4.98 Å². The Labute approximate surface area is 130 Å². The van der Waals surface area contributed by atoms with Crippen LogP contribution in [0.25, 0.3) is 33.1 Å². The van der Waals surface area contributed by atoms with Gasteiger partial charge < -0.3 is 14.6 Å². The van der Waals surface area contributed by atoms with Crippen LogP contribution in [0.15, 0.2) is 64.0 Å². The number of aromatic nitrogens is 1. The van der Waals surface area contributed by atoms with Gasteiger partial charge in [0, 0.05) is 17.5 Å². The van der Waals surface area contributed by atoms with Crippen molar-refractivity contribution < 1.29 is 14.6 Å². The summed E-state index contributed by atoms with van der Waals surface area (Å²) in [4.78, 5) is 17.1. The van der Waals surface area contributed by atoms with Crippen molar-refractivity contribution in [1.82, 2.24) is 4.98 Å². The van der Waals surface area contributed by atoms with E-state index >= 15 is 0 Å². The number of fused-ring (bicyclic) bond motifs is 2. The molecule has 0 atom stereocenters. The molecule has 2 heterocycles. The molecule has 5 nitrogen and oxygen atoms in total. The number of phenols is 2. The van der Waals surface area contributed by atoms with Crippen LogP contribution in [-0.4, -0.2) is 15.2 Å². The van der Waals surface area contributed by atoms with E-state index in [9.17, 15) is 15.0 Å². The molecule has 0 unspecified atom stereocenters. The van der Waals surface area contributed by atoms with Crippen molar-refractivity contribution in [2.45, 2.75) is 0 Å². The maximum absolute atomic E-state index is 12.7. The van der Waals surface area contributed by atoms with Gasteiger partial charge in [0.2, 0.25) is 5.43 Å². The van der Waals surface area contributed by atoms with Crippen LogP contribution in [-0.2, 0) is 0 Å². The molecule has 0 radical (unpaired) electrons. The number of hydrogen-bond acceptors (Lipinski definition) is 5. The summed E-state index contributed by atoms with van der Waals surface area (Å²) in [6, 6.07) is 13.6. The standard InChI is InChI=1S/C18H11NO4/c20-11-7-15(21)17-16(8-11)23-9-12(18(17)22)14-6-5-10-3-1-2-4-13(10)19-14/h1-9,20-21H. The lowest BCUT2D eigenvalue weighted by Gasteiger charge is -2.05. The normalized spacial score (nSPS) is 11.1. The van der Waals surface area contributed by atoms with Gasteiger partial charge in [-0.1, -0.05) is 24.3 Å². The minimum atomic E-state index is -0.397. The van der Waals surface area contributed by atoms with Crippen molar-refractivity contribution in [2.24, 2.45) is 0 Å². The van der Waals surface area contributed by atoms with Gasteiger partial charge in [-0.15, -0.1) is 0 Å². The Hall–Kier alpha value is -3.34. The minimum absolute atomic E-state index is 0.0234. The Morgan fingerprint density at radius 2 is 1.83 bits per heavy atom. The summed E-state index contributed by atoms with van der Waals surface area (Å²) < 4.78 is 5.39. The fraction of sp³-hybridized carbons (Fsp3) is 0. The Morgan fingerprint density at radius 1 is 1.00 bits per heavy atom. The molecule has 4 rings (SSSR count). The smallest absolute Gasteiger partial charge is 0.205 e. The maximum atomic E-state index is 12.7. The van der Waals surface area contributed by atoms with Gasteiger partial charge in [-0.2, -0.15) is 0 Å². The van der Waals surface area contributed by atoms with Crippen molar-refractivity contribution in [2.75, 3.05) is 0 Å². The average molecular weight is 305 g/mol. The zero-order valence-corrected chi connectivity index (χ0v) is 11.9. The molecule has 0 fully saturated rings. The highest BCUT2D eigenvalue weighted by Crippen LogP contribution is 2.29. The summed E-state index contributed by atoms with van der Waals surface area (Å²) in [7, 11) is 0. The molecule has 0 aliphatic carbocycles. The van der Waals surface area contributed by atoms with Gasteiger partial charge in [0.05, 0.1) is 16.8 Å². The van der Waals surface area contributed by atoms with Gasteiger partial charge in [-0.25, -0.2) is 4.98 Å². The van der Waals surface area contributed by atoms with Crippen molar-refractivity contribution in [3.8, 4) is 22.8 Å². The van der Waals surface area contributed by atoms with Gasteiger partial charge in [0.15, 0.2) is 0 Å². The van der Waals surface area contributed by atoms with Crippen molar-refractivity contribution >= 4 is 21.9 Å². The van der Waals surface area contributed by atoms with Crippen molar-refractivity contribution in [1.29, 1.82) is 0 Å². The summed E-state index contributed by atoms with van der Waals surface area (Å²) in [5.41, 5.74) is 1.21. The molecule has 2 N–H and O–H groups in total. The average Bonchev–Trinajstić information content (AvgIpc) is 2.54. The number of benzene rings is 2. The first-order valence-electron chi connectivity index (χ1n) is 6.97. The molecular formula is C18H11NO4. The summed E-state index contributed by atoms with van der Waals surface area (Å²) in [5, 5.41) is 20.4. The predicted molar refractivity (Wildman–Crippen MR) is 86.6 cm³/mol. The topological polar surface area (TPSA) is 83.6 Å². The zero-order valence-electron chi connectivity index (χ0n) is 11.9. The number of pyridine rings is 1. The molecule has 23 heavy (non-hydrogen) atoms. The summed E-state index contributed by atoms with van der Waals surface area (Å²) in [6.07, 6.45) is 1.29. The third-order valence-electron chi connectivity index (χ3n) is 3.72. The van der Waals surface area contributed by atoms with Crippen molar-refractivity contribution in [3.05, 3.63) is 65.0 Å². The predicted octanol–water partition coefficient (Wildman–Crippen LogP) is 3.42. The van der Waals surface area contributed by atoms with Crippen LogP contribution in [0.5, 0.6) is 11.5 Å². The second-order valence-electron chi connectivity index (χ2n) is 5.21. The molecule has 5 heteroatoms. The van der Waals surface area contributed by atoms with Gasteiger partial charge in [-0.3, -0.25) is 4.79 Å². The van der Waals surface area contributed by atoms with E-state index in [1.807, 2.05) is 30.3 Å². The fourth-order valence-corrected chi connectivity index (χ4v) is 2.61. The molecular weight excluding hydrogens is 294 g/mol. The summed E-state index contributed by atoms with van der Waals surface area (Å²) >= 11 is 0. The molecule has 0 saturated carbocycles. The van der Waals surface area contributed by atoms with E-state index in [1.165, 1.54) is 12.3 Å². The van der Waals surface area contributed by atoms with Crippen LogP contribution < -0.4 is 5.43 Å². The van der Waals surface area contributed by atoms with Crippen LogP contribution in [0.2, 0.25) is 0 Å². The lowest BCUT2D eigenvalue weighted by Crippen LogP contribution is -2.06. The molecule has 0 aliphatic heterocycles. The second-order valence-corrected chi connectivity index (χ2v) is 5.21. The van der Waals surface area contributed by atoms with Gasteiger partial charge >= 0.3 is 0 Å². The number of rotatable bonds is 1. The first kappa shape index (κ1) is 13.3. The number of nitrogens with zero attached hydrogens (tertiary/aromatic N) is 1. The van der Waals surface area contributed by atoms with Gasteiger partial charge in [0.25, 0.3) is 0 Å². The Kier molecular flexibility index (Phi) is 2.81. The molecule has 0 aliphatic rings. The highest BCUT2D eigenvalue weighted by Gasteiger charge is 2.14. The fourth-order valence-electron chi connectivity index (χ4n) is 2.61. The highest BCUT2D eigenvalue weighted by atomic mass is 16.3. The molecule has 0 bridgehead atoms. The number of hydrogen-bond donors (Lipinski definition) is 2. The molecule has 2 aromatic carbocycles. The van der Waals surface area contributed by atoms with E-state index in [-0.39, 0.29) is 28.0 Å². The van der Waals surface area contributed by atoms with Gasteiger partial charge in [-0.05, 0) is 12.1 Å². The zero-order chi connectivity index (χ0) is 16.0. The van der Waals surface area contributed by atoms with Crippen LogP contribution in [0, 0.1) is 0 Å². The summed E-state index contributed by atoms with van der Waals surface area (Å²) in [5.74, 6) is -0.494. The largest absolute Gasteiger partial charge is 0.508 e. The van der Waals surface area contributed by atoms with Crippen LogP contribution >= 0.6 is 0 Å². The second kappa shape index (κ2) is 4.84. The minimum Gasteiger partial charge on any atom is -0.508 e. The Morgan fingerprint density at radius 3 is 2.70 bits per heavy atom. The Balaban J connectivity index is 2.01. The number of phenolic OH excluding ortho intramolecular Hbond substituents is 2. The van der Waals surface area contributed by atoms with Crippen molar-refractivity contribution in [3.63, 3.8) is 0 Å². The quantitative estimate of drug-likeness (QED) is 0.563. The molecule has 0 spiro atoms. The number of para-hydroxylation sites is 1. The first-order chi connectivity index (χ1) is 11.1. The lowest BCUT2D eigenvalue weighted by atomic mass is 10.1. The third-order valence-corrected chi connectivity index (χ3v) is 3.72. The molecule has 112 valence electrons. The number of aromatic hydroxyl groups is 2. The molecule has 4 aromatic rings. The van der Waals surface area contributed by atoms with Crippen LogP contribution in [0.4, 0.5) is 0 Å². The molecule has 2 aromatic heterocycles. The monoisotopic (exact) mass is 305 g/mol. The van der Waals surface area contributed by atoms with Crippen LogP contribution in [0.3, 0.4) is 0 Å². The van der Waals surface area contributed by atoms with Crippen LogP contribution in [0.1, 0.15) is 0 Å². The molecule has 0 saturated heterocycles. The van der Waals surface area contributed by atoms with Gasteiger partial charge in [0.1, 0.15) is 28.7 Å². The maximum Gasteiger partial charge on any atom is 0.205 e. The summed E-state index contributed by atoms with van der Waals surface area (Å²) in [6.45, 7) is 0. The first-order valence-corrected chi connectivity index (χ1v) is 6.97. The third kappa shape index (κ3) is 2.10. The Bertz CT molecular complexity index is 1110. The van der Waals surface area contributed by atoms with E-state index in [0.717, 1.165) is 17.0 Å². The van der Waals surface area contributed by atoms with E-state index < -0.39 is 5.43 Å². The molecule has 0 amide bonds. The van der Waals surface area contributed by atoms with E-state index in [0.29, 0.717) is 5.69 Å². The SMILES string of the molecule is O=c1c(-c2ccc3ccccc3n2)coc2cc(O)cc(O)c12. The van der Waals surface area contributed by atoms with E-state index in [4.69, 9.17) is 4.42 Å². The highest BCUT2D eigenvalue weighted by molar-refractivity contribution is 5.88. The lowest BCUT2D eigenvalue weighted by molar-refractivity contribution is 0.452.